The van der Waals surface area contributed by atoms with Crippen molar-refractivity contribution in [3.63, 3.8) is 0 Å². The molecule has 0 radical (unpaired) electrons. The molecule has 2 rings (SSSR count). The molecule has 1 aliphatic rings. The van der Waals surface area contributed by atoms with E-state index in [0.29, 0.717) is 26.3 Å². The van der Waals surface area contributed by atoms with Crippen molar-refractivity contribution < 1.29 is 23.1 Å². The SMILES string of the molecule is NC(=O)c1c(F)cc(C(=O)N2CCOCC2)cc1F. The van der Waals surface area contributed by atoms with Crippen LogP contribution in [0.4, 0.5) is 8.78 Å². The maximum atomic E-state index is 13.6. The number of carbonyl (C=O) groups is 2. The molecule has 0 bridgehead atoms. The van der Waals surface area contributed by atoms with Crippen molar-refractivity contribution in [2.75, 3.05) is 26.3 Å². The first-order valence-electron chi connectivity index (χ1n) is 5.66. The van der Waals surface area contributed by atoms with Gasteiger partial charge in [0.25, 0.3) is 11.8 Å². The van der Waals surface area contributed by atoms with Gasteiger partial charge in [-0.25, -0.2) is 8.78 Å². The van der Waals surface area contributed by atoms with Crippen molar-refractivity contribution in [2.45, 2.75) is 0 Å². The van der Waals surface area contributed by atoms with Crippen LogP contribution in [0.2, 0.25) is 0 Å². The van der Waals surface area contributed by atoms with Gasteiger partial charge in [-0.15, -0.1) is 0 Å². The summed E-state index contributed by atoms with van der Waals surface area (Å²) in [4.78, 5) is 24.3. The molecule has 0 aliphatic carbocycles. The third-order valence-electron chi connectivity index (χ3n) is 2.83. The van der Waals surface area contributed by atoms with Gasteiger partial charge in [0.15, 0.2) is 0 Å². The minimum absolute atomic E-state index is 0.151. The Morgan fingerprint density at radius 3 is 2.16 bits per heavy atom. The Labute approximate surface area is 107 Å². The van der Waals surface area contributed by atoms with E-state index in [1.54, 1.807) is 0 Å². The van der Waals surface area contributed by atoms with Crippen LogP contribution in [0.5, 0.6) is 0 Å². The van der Waals surface area contributed by atoms with E-state index in [1.807, 2.05) is 0 Å². The van der Waals surface area contributed by atoms with Crippen molar-refractivity contribution in [3.05, 3.63) is 34.9 Å². The van der Waals surface area contributed by atoms with E-state index < -0.39 is 29.0 Å². The average molecular weight is 270 g/mol. The fourth-order valence-corrected chi connectivity index (χ4v) is 1.88. The number of amides is 2. The topological polar surface area (TPSA) is 72.6 Å². The number of rotatable bonds is 2. The first-order valence-corrected chi connectivity index (χ1v) is 5.66. The number of carbonyl (C=O) groups excluding carboxylic acids is 2. The van der Waals surface area contributed by atoms with Crippen molar-refractivity contribution in [2.24, 2.45) is 5.73 Å². The average Bonchev–Trinajstić information content (AvgIpc) is 2.37. The Morgan fingerprint density at radius 2 is 1.68 bits per heavy atom. The molecule has 1 aromatic rings. The summed E-state index contributed by atoms with van der Waals surface area (Å²) in [6, 6.07) is 1.64. The van der Waals surface area contributed by atoms with E-state index in [1.165, 1.54) is 4.90 Å². The number of primary amides is 1. The Bertz CT molecular complexity index is 505. The van der Waals surface area contributed by atoms with E-state index in [0.717, 1.165) is 12.1 Å². The van der Waals surface area contributed by atoms with Crippen LogP contribution in [0.25, 0.3) is 0 Å². The van der Waals surface area contributed by atoms with Crippen molar-refractivity contribution >= 4 is 11.8 Å². The molecule has 2 amide bonds. The van der Waals surface area contributed by atoms with Gasteiger partial charge < -0.3 is 15.4 Å². The molecular weight excluding hydrogens is 258 g/mol. The van der Waals surface area contributed by atoms with E-state index >= 15 is 0 Å². The quantitative estimate of drug-likeness (QED) is 0.852. The monoisotopic (exact) mass is 270 g/mol. The second-order valence-electron chi connectivity index (χ2n) is 4.08. The van der Waals surface area contributed by atoms with Crippen LogP contribution >= 0.6 is 0 Å². The van der Waals surface area contributed by atoms with Crippen LogP contribution in [0.15, 0.2) is 12.1 Å². The molecule has 0 unspecified atom stereocenters. The fourth-order valence-electron chi connectivity index (χ4n) is 1.88. The lowest BCUT2D eigenvalue weighted by Crippen LogP contribution is -2.40. The summed E-state index contributed by atoms with van der Waals surface area (Å²) in [6.45, 7) is 1.49. The molecule has 0 saturated carbocycles. The van der Waals surface area contributed by atoms with E-state index in [2.05, 4.69) is 0 Å². The summed E-state index contributed by atoms with van der Waals surface area (Å²) in [6.07, 6.45) is 0. The predicted octanol–water partition coefficient (Wildman–Crippen LogP) is 0.536. The van der Waals surface area contributed by atoms with Crippen LogP contribution in [-0.4, -0.2) is 43.0 Å². The third kappa shape index (κ3) is 2.70. The number of hydrogen-bond acceptors (Lipinski definition) is 3. The lowest BCUT2D eigenvalue weighted by molar-refractivity contribution is 0.0302. The number of morpholine rings is 1. The maximum absolute atomic E-state index is 13.6. The Balaban J connectivity index is 2.30. The Kier molecular flexibility index (Phi) is 3.75. The number of halogens is 2. The normalized spacial score (nSPS) is 15.4. The molecule has 102 valence electrons. The molecule has 1 aromatic carbocycles. The Hall–Kier alpha value is -2.02. The van der Waals surface area contributed by atoms with Gasteiger partial charge in [0.2, 0.25) is 0 Å². The van der Waals surface area contributed by atoms with Crippen LogP contribution in [0.1, 0.15) is 20.7 Å². The first kappa shape index (κ1) is 13.4. The molecule has 0 atom stereocenters. The molecule has 7 heteroatoms. The molecule has 0 aromatic heterocycles. The molecule has 0 spiro atoms. The van der Waals surface area contributed by atoms with Crippen molar-refractivity contribution in [1.29, 1.82) is 0 Å². The minimum Gasteiger partial charge on any atom is -0.378 e. The van der Waals surface area contributed by atoms with Crippen molar-refractivity contribution in [1.82, 2.24) is 4.90 Å². The second kappa shape index (κ2) is 5.31. The number of hydrogen-bond donors (Lipinski definition) is 1. The molecule has 5 nitrogen and oxygen atoms in total. The summed E-state index contributed by atoms with van der Waals surface area (Å²) >= 11 is 0. The lowest BCUT2D eigenvalue weighted by atomic mass is 10.1. The zero-order valence-electron chi connectivity index (χ0n) is 9.99. The number of benzene rings is 1. The summed E-state index contributed by atoms with van der Waals surface area (Å²) in [5.41, 5.74) is 3.87. The second-order valence-corrected chi connectivity index (χ2v) is 4.08. The van der Waals surface area contributed by atoms with Gasteiger partial charge in [-0.3, -0.25) is 9.59 Å². The molecule has 19 heavy (non-hydrogen) atoms. The van der Waals surface area contributed by atoms with Crippen LogP contribution < -0.4 is 5.73 Å². The number of ether oxygens (including phenoxy) is 1. The summed E-state index contributed by atoms with van der Waals surface area (Å²) in [5.74, 6) is -3.98. The third-order valence-corrected chi connectivity index (χ3v) is 2.83. The van der Waals surface area contributed by atoms with E-state index in [-0.39, 0.29) is 5.56 Å². The number of nitrogens with zero attached hydrogens (tertiary/aromatic N) is 1. The number of nitrogens with two attached hydrogens (primary N) is 1. The zero-order valence-corrected chi connectivity index (χ0v) is 9.99. The molecule has 2 N–H and O–H groups in total. The molecule has 1 aliphatic heterocycles. The smallest absolute Gasteiger partial charge is 0.254 e. The van der Waals surface area contributed by atoms with Gasteiger partial charge in [0, 0.05) is 18.7 Å². The first-order chi connectivity index (χ1) is 9.00. The highest BCUT2D eigenvalue weighted by Gasteiger charge is 2.23. The molecule has 1 heterocycles. The lowest BCUT2D eigenvalue weighted by Gasteiger charge is -2.27. The zero-order chi connectivity index (χ0) is 14.0. The molecule has 1 fully saturated rings. The Morgan fingerprint density at radius 1 is 1.16 bits per heavy atom. The van der Waals surface area contributed by atoms with Gasteiger partial charge >= 0.3 is 0 Å². The summed E-state index contributed by atoms with van der Waals surface area (Å²) < 4.78 is 32.2. The van der Waals surface area contributed by atoms with Crippen LogP contribution in [-0.2, 0) is 4.74 Å². The van der Waals surface area contributed by atoms with Crippen LogP contribution in [0, 0.1) is 11.6 Å². The van der Waals surface area contributed by atoms with Gasteiger partial charge in [0.1, 0.15) is 17.2 Å². The van der Waals surface area contributed by atoms with E-state index in [9.17, 15) is 18.4 Å². The van der Waals surface area contributed by atoms with Gasteiger partial charge in [-0.2, -0.15) is 0 Å². The van der Waals surface area contributed by atoms with Gasteiger partial charge in [-0.1, -0.05) is 0 Å². The largest absolute Gasteiger partial charge is 0.378 e. The fraction of sp³-hybridized carbons (Fsp3) is 0.333. The van der Waals surface area contributed by atoms with Crippen molar-refractivity contribution in [3.8, 4) is 0 Å². The van der Waals surface area contributed by atoms with Gasteiger partial charge in [0.05, 0.1) is 13.2 Å². The van der Waals surface area contributed by atoms with E-state index in [4.69, 9.17) is 10.5 Å². The maximum Gasteiger partial charge on any atom is 0.254 e. The predicted molar refractivity (Wildman–Crippen MR) is 61.6 cm³/mol. The minimum atomic E-state index is -1.21. The molecule has 1 saturated heterocycles. The van der Waals surface area contributed by atoms with Crippen LogP contribution in [0.3, 0.4) is 0 Å². The molecular formula is C12H12F2N2O3. The highest BCUT2D eigenvalue weighted by atomic mass is 19.1. The highest BCUT2D eigenvalue weighted by Crippen LogP contribution is 2.17. The summed E-state index contributed by atoms with van der Waals surface area (Å²) in [7, 11) is 0. The summed E-state index contributed by atoms with van der Waals surface area (Å²) in [5, 5.41) is 0. The highest BCUT2D eigenvalue weighted by molar-refractivity contribution is 5.97. The standard InChI is InChI=1S/C12H12F2N2O3/c13-8-5-7(6-9(14)10(8)11(15)17)12(18)16-1-3-19-4-2-16/h5-6H,1-4H2,(H2,15,17). The van der Waals surface area contributed by atoms with Gasteiger partial charge in [-0.05, 0) is 12.1 Å².